The Kier molecular flexibility index (Phi) is 3.86. The van der Waals surface area contributed by atoms with Crippen molar-refractivity contribution in [2.75, 3.05) is 11.9 Å². The maximum absolute atomic E-state index is 9.27. The number of hydrogen-bond donors (Lipinski definition) is 2. The van der Waals surface area contributed by atoms with Crippen LogP contribution in [0.5, 0.6) is 0 Å². The van der Waals surface area contributed by atoms with Gasteiger partial charge in [0, 0.05) is 17.0 Å². The molecule has 0 aliphatic rings. The van der Waals surface area contributed by atoms with E-state index < -0.39 is 0 Å². The van der Waals surface area contributed by atoms with Crippen LogP contribution in [0, 0.1) is 6.92 Å². The monoisotopic (exact) mass is 299 g/mol. The number of rotatable bonds is 4. The molecule has 0 bridgehead atoms. The molecule has 0 saturated heterocycles. The van der Waals surface area contributed by atoms with Gasteiger partial charge in [-0.15, -0.1) is 11.3 Å². The smallest absolute Gasteiger partial charge is 0.139 e. The van der Waals surface area contributed by atoms with Crippen LogP contribution in [0.3, 0.4) is 0 Å². The summed E-state index contributed by atoms with van der Waals surface area (Å²) in [6, 6.07) is 10.2. The highest BCUT2D eigenvalue weighted by Gasteiger charge is 2.15. The van der Waals surface area contributed by atoms with Crippen molar-refractivity contribution >= 4 is 27.4 Å². The maximum atomic E-state index is 9.27. The molecule has 4 nitrogen and oxygen atoms in total. The minimum absolute atomic E-state index is 0.0500. The molecule has 1 atom stereocenters. The third-order valence-corrected chi connectivity index (χ3v) is 4.16. The molecule has 21 heavy (non-hydrogen) atoms. The first kappa shape index (κ1) is 14.0. The Hall–Kier alpha value is -1.98. The second-order valence-corrected chi connectivity index (χ2v) is 5.90. The van der Waals surface area contributed by atoms with E-state index >= 15 is 0 Å². The van der Waals surface area contributed by atoms with Crippen LogP contribution in [-0.2, 0) is 0 Å². The topological polar surface area (TPSA) is 58.0 Å². The molecule has 2 heterocycles. The van der Waals surface area contributed by atoms with Crippen LogP contribution in [-0.4, -0.2) is 27.7 Å². The highest BCUT2D eigenvalue weighted by Crippen LogP contribution is 2.36. The number of benzene rings is 1. The molecule has 1 aromatic carbocycles. The number of aryl methyl sites for hydroxylation is 1. The average molecular weight is 299 g/mol. The number of aliphatic hydroxyl groups is 1. The van der Waals surface area contributed by atoms with Gasteiger partial charge in [0.05, 0.1) is 12.0 Å². The zero-order chi connectivity index (χ0) is 14.8. The molecule has 108 valence electrons. The Bertz CT molecular complexity index is 755. The van der Waals surface area contributed by atoms with Gasteiger partial charge >= 0.3 is 0 Å². The standard InChI is InChI=1S/C16H17N3OS/c1-10(8-20)17-15-14-13(12-6-4-3-5-7-12)9-21-16(14)19-11(2)18-15/h3-7,9-10,20H,8H2,1-2H3,(H,17,18,19). The molecule has 1 unspecified atom stereocenters. The van der Waals surface area contributed by atoms with Gasteiger partial charge in [-0.05, 0) is 19.4 Å². The van der Waals surface area contributed by atoms with Crippen LogP contribution in [0.25, 0.3) is 21.3 Å². The molecule has 5 heteroatoms. The highest BCUT2D eigenvalue weighted by molar-refractivity contribution is 7.17. The normalized spacial score (nSPS) is 12.5. The molecular formula is C16H17N3OS. The zero-order valence-corrected chi connectivity index (χ0v) is 12.8. The minimum atomic E-state index is -0.0500. The molecule has 3 aromatic rings. The summed E-state index contributed by atoms with van der Waals surface area (Å²) in [6.45, 7) is 3.88. The first-order valence-corrected chi connectivity index (χ1v) is 7.75. The number of anilines is 1. The fourth-order valence-electron chi connectivity index (χ4n) is 2.26. The van der Waals surface area contributed by atoms with Crippen molar-refractivity contribution in [3.63, 3.8) is 0 Å². The second kappa shape index (κ2) is 5.79. The number of hydrogen-bond acceptors (Lipinski definition) is 5. The summed E-state index contributed by atoms with van der Waals surface area (Å²) in [7, 11) is 0. The molecular weight excluding hydrogens is 282 g/mol. The van der Waals surface area contributed by atoms with E-state index in [9.17, 15) is 5.11 Å². The summed E-state index contributed by atoms with van der Waals surface area (Å²) in [5, 5.41) is 15.7. The molecule has 0 fully saturated rings. The summed E-state index contributed by atoms with van der Waals surface area (Å²) in [4.78, 5) is 10.0. The second-order valence-electron chi connectivity index (χ2n) is 5.04. The number of fused-ring (bicyclic) bond motifs is 1. The lowest BCUT2D eigenvalue weighted by Gasteiger charge is -2.13. The van der Waals surface area contributed by atoms with Crippen molar-refractivity contribution in [3.05, 3.63) is 41.5 Å². The largest absolute Gasteiger partial charge is 0.394 e. The third-order valence-electron chi connectivity index (χ3n) is 3.29. The van der Waals surface area contributed by atoms with Gasteiger partial charge in [-0.25, -0.2) is 9.97 Å². The van der Waals surface area contributed by atoms with Crippen molar-refractivity contribution in [1.82, 2.24) is 9.97 Å². The van der Waals surface area contributed by atoms with Crippen LogP contribution in [0.15, 0.2) is 35.7 Å². The van der Waals surface area contributed by atoms with E-state index in [1.165, 1.54) is 0 Å². The van der Waals surface area contributed by atoms with E-state index in [1.807, 2.05) is 32.0 Å². The van der Waals surface area contributed by atoms with E-state index in [-0.39, 0.29) is 12.6 Å². The number of aliphatic hydroxyl groups excluding tert-OH is 1. The molecule has 0 aliphatic heterocycles. The van der Waals surface area contributed by atoms with Gasteiger partial charge in [0.15, 0.2) is 0 Å². The van der Waals surface area contributed by atoms with E-state index in [2.05, 4.69) is 32.8 Å². The van der Waals surface area contributed by atoms with Crippen LogP contribution >= 0.6 is 11.3 Å². The van der Waals surface area contributed by atoms with Crippen molar-refractivity contribution < 1.29 is 5.11 Å². The molecule has 0 radical (unpaired) electrons. The molecule has 2 N–H and O–H groups in total. The molecule has 0 spiro atoms. The number of nitrogens with one attached hydrogen (secondary N) is 1. The fraction of sp³-hybridized carbons (Fsp3) is 0.250. The van der Waals surface area contributed by atoms with Gasteiger partial charge < -0.3 is 10.4 Å². The third kappa shape index (κ3) is 2.75. The van der Waals surface area contributed by atoms with Crippen molar-refractivity contribution in [2.45, 2.75) is 19.9 Å². The Balaban J connectivity index is 2.19. The Labute approximate surface area is 127 Å². The van der Waals surface area contributed by atoms with Gasteiger partial charge in [0.25, 0.3) is 0 Å². The Morgan fingerprint density at radius 2 is 2.00 bits per heavy atom. The number of thiophene rings is 1. The molecule has 0 aliphatic carbocycles. The maximum Gasteiger partial charge on any atom is 0.139 e. The van der Waals surface area contributed by atoms with Crippen molar-refractivity contribution in [2.24, 2.45) is 0 Å². The first-order valence-electron chi connectivity index (χ1n) is 6.87. The van der Waals surface area contributed by atoms with Crippen molar-refractivity contribution in [1.29, 1.82) is 0 Å². The lowest BCUT2D eigenvalue weighted by Crippen LogP contribution is -2.20. The predicted octanol–water partition coefficient (Wildman–Crippen LogP) is 3.46. The number of aromatic nitrogens is 2. The minimum Gasteiger partial charge on any atom is -0.394 e. The van der Waals surface area contributed by atoms with E-state index in [1.54, 1.807) is 11.3 Å². The highest BCUT2D eigenvalue weighted by atomic mass is 32.1. The average Bonchev–Trinajstić information content (AvgIpc) is 2.91. The summed E-state index contributed by atoms with van der Waals surface area (Å²) in [6.07, 6.45) is 0. The lowest BCUT2D eigenvalue weighted by molar-refractivity contribution is 0.281. The fourth-order valence-corrected chi connectivity index (χ4v) is 3.25. The molecule has 2 aromatic heterocycles. The van der Waals surface area contributed by atoms with Gasteiger partial charge in [-0.1, -0.05) is 30.3 Å². The van der Waals surface area contributed by atoms with Crippen LogP contribution in [0.2, 0.25) is 0 Å². The van der Waals surface area contributed by atoms with Crippen LogP contribution in [0.1, 0.15) is 12.7 Å². The van der Waals surface area contributed by atoms with Gasteiger partial charge in [0.2, 0.25) is 0 Å². The first-order chi connectivity index (χ1) is 10.2. The Morgan fingerprint density at radius 3 is 2.71 bits per heavy atom. The molecule has 3 rings (SSSR count). The summed E-state index contributed by atoms with van der Waals surface area (Å²) in [5.41, 5.74) is 2.28. The SMILES string of the molecule is Cc1nc(NC(C)CO)c2c(-c3ccccc3)csc2n1. The Morgan fingerprint density at radius 1 is 1.24 bits per heavy atom. The summed E-state index contributed by atoms with van der Waals surface area (Å²) in [5.74, 6) is 1.52. The van der Waals surface area contributed by atoms with Gasteiger partial charge in [-0.3, -0.25) is 0 Å². The number of nitrogens with zero attached hydrogens (tertiary/aromatic N) is 2. The molecule has 0 saturated carbocycles. The predicted molar refractivity (Wildman–Crippen MR) is 87.8 cm³/mol. The summed E-state index contributed by atoms with van der Waals surface area (Å²) >= 11 is 1.62. The van der Waals surface area contributed by atoms with E-state index in [4.69, 9.17) is 0 Å². The quantitative estimate of drug-likeness (QED) is 0.774. The van der Waals surface area contributed by atoms with Crippen LogP contribution in [0.4, 0.5) is 5.82 Å². The molecule has 0 amide bonds. The van der Waals surface area contributed by atoms with Gasteiger partial charge in [0.1, 0.15) is 16.5 Å². The van der Waals surface area contributed by atoms with E-state index in [0.29, 0.717) is 0 Å². The lowest BCUT2D eigenvalue weighted by atomic mass is 10.1. The van der Waals surface area contributed by atoms with Gasteiger partial charge in [-0.2, -0.15) is 0 Å². The summed E-state index contributed by atoms with van der Waals surface area (Å²) < 4.78 is 0. The van der Waals surface area contributed by atoms with Crippen molar-refractivity contribution in [3.8, 4) is 11.1 Å². The zero-order valence-electron chi connectivity index (χ0n) is 12.0. The van der Waals surface area contributed by atoms with Crippen LogP contribution < -0.4 is 5.32 Å². The van der Waals surface area contributed by atoms with E-state index in [0.717, 1.165) is 33.0 Å².